The van der Waals surface area contributed by atoms with Gasteiger partial charge in [0, 0.05) is 20.1 Å². The molecule has 1 unspecified atom stereocenters. The smallest absolute Gasteiger partial charge is 0.148 e. The summed E-state index contributed by atoms with van der Waals surface area (Å²) in [6.07, 6.45) is 2.48. The summed E-state index contributed by atoms with van der Waals surface area (Å²) in [5.41, 5.74) is 6.84. The van der Waals surface area contributed by atoms with Crippen molar-refractivity contribution in [3.63, 3.8) is 0 Å². The van der Waals surface area contributed by atoms with Gasteiger partial charge in [0.1, 0.15) is 5.82 Å². The van der Waals surface area contributed by atoms with Crippen LogP contribution >= 0.6 is 0 Å². The monoisotopic (exact) mass is 251 g/mol. The molecule has 1 aromatic rings. The van der Waals surface area contributed by atoms with Crippen LogP contribution in [0.1, 0.15) is 12.8 Å². The van der Waals surface area contributed by atoms with Crippen molar-refractivity contribution >= 4 is 11.4 Å². The fourth-order valence-electron chi connectivity index (χ4n) is 2.77. The highest BCUT2D eigenvalue weighted by Gasteiger charge is 2.19. The molecular weight excluding hydrogens is 229 g/mol. The molecule has 1 aliphatic rings. The van der Waals surface area contributed by atoms with E-state index in [1.54, 1.807) is 6.07 Å². The fourth-order valence-corrected chi connectivity index (χ4v) is 2.77. The predicted molar refractivity (Wildman–Crippen MR) is 74.3 cm³/mol. The topological polar surface area (TPSA) is 32.5 Å². The molecule has 1 heterocycles. The molecule has 0 spiro atoms. The Morgan fingerprint density at radius 1 is 1.50 bits per heavy atom. The minimum atomic E-state index is -0.333. The van der Waals surface area contributed by atoms with Crippen LogP contribution in [-0.2, 0) is 0 Å². The Morgan fingerprint density at radius 3 is 3.00 bits per heavy atom. The molecule has 1 aliphatic heterocycles. The fraction of sp³-hybridized carbons (Fsp3) is 0.571. The average Bonchev–Trinajstić information content (AvgIpc) is 2.32. The van der Waals surface area contributed by atoms with Gasteiger partial charge in [-0.1, -0.05) is 6.07 Å². The summed E-state index contributed by atoms with van der Waals surface area (Å²) < 4.78 is 13.4. The van der Waals surface area contributed by atoms with Gasteiger partial charge in [-0.2, -0.15) is 0 Å². The van der Waals surface area contributed by atoms with Crippen LogP contribution in [-0.4, -0.2) is 38.6 Å². The molecule has 1 atom stereocenters. The Balaban J connectivity index is 2.02. The number of rotatable bonds is 3. The van der Waals surface area contributed by atoms with Gasteiger partial charge in [-0.15, -0.1) is 0 Å². The molecule has 4 heteroatoms. The average molecular weight is 251 g/mol. The van der Waals surface area contributed by atoms with E-state index in [0.717, 1.165) is 18.8 Å². The Bertz CT molecular complexity index is 408. The first-order valence-electron chi connectivity index (χ1n) is 6.51. The molecule has 0 aliphatic carbocycles. The molecule has 1 saturated heterocycles. The van der Waals surface area contributed by atoms with Crippen molar-refractivity contribution in [2.45, 2.75) is 12.8 Å². The molecule has 0 bridgehead atoms. The van der Waals surface area contributed by atoms with Gasteiger partial charge >= 0.3 is 0 Å². The van der Waals surface area contributed by atoms with E-state index in [4.69, 9.17) is 5.73 Å². The number of hydrogen-bond acceptors (Lipinski definition) is 3. The zero-order valence-electron chi connectivity index (χ0n) is 11.2. The highest BCUT2D eigenvalue weighted by molar-refractivity contribution is 5.67. The maximum atomic E-state index is 13.4. The number of hydrogen-bond donors (Lipinski definition) is 1. The first-order chi connectivity index (χ1) is 8.58. The van der Waals surface area contributed by atoms with Crippen LogP contribution in [0.4, 0.5) is 15.8 Å². The normalized spacial score (nSPS) is 20.9. The van der Waals surface area contributed by atoms with Gasteiger partial charge in [-0.05, 0) is 44.5 Å². The zero-order valence-corrected chi connectivity index (χ0v) is 11.2. The van der Waals surface area contributed by atoms with Crippen LogP contribution in [0.25, 0.3) is 0 Å². The van der Waals surface area contributed by atoms with Crippen molar-refractivity contribution in [1.82, 2.24) is 4.90 Å². The second kappa shape index (κ2) is 5.57. The van der Waals surface area contributed by atoms with Crippen molar-refractivity contribution in [1.29, 1.82) is 0 Å². The molecule has 3 nitrogen and oxygen atoms in total. The third-order valence-corrected chi connectivity index (χ3v) is 3.70. The molecule has 0 saturated carbocycles. The first-order valence-corrected chi connectivity index (χ1v) is 6.51. The van der Waals surface area contributed by atoms with E-state index in [1.807, 2.05) is 13.1 Å². The maximum absolute atomic E-state index is 13.4. The highest BCUT2D eigenvalue weighted by Crippen LogP contribution is 2.26. The van der Waals surface area contributed by atoms with Crippen molar-refractivity contribution in [2.75, 3.05) is 44.4 Å². The molecule has 1 aromatic carbocycles. The number of nitrogens with zero attached hydrogens (tertiary/aromatic N) is 2. The van der Waals surface area contributed by atoms with E-state index in [2.05, 4.69) is 16.8 Å². The third-order valence-electron chi connectivity index (χ3n) is 3.70. The molecule has 0 radical (unpaired) electrons. The first kappa shape index (κ1) is 13.1. The largest absolute Gasteiger partial charge is 0.395 e. The van der Waals surface area contributed by atoms with Crippen molar-refractivity contribution in [3.05, 3.63) is 24.0 Å². The SMILES string of the molecule is CN1CCCC(CN(C)c2cccc(F)c2N)C1. The second-order valence-corrected chi connectivity index (χ2v) is 5.32. The molecule has 0 amide bonds. The lowest BCUT2D eigenvalue weighted by Gasteiger charge is -2.33. The Labute approximate surface area is 108 Å². The van der Waals surface area contributed by atoms with Gasteiger partial charge in [0.2, 0.25) is 0 Å². The van der Waals surface area contributed by atoms with E-state index in [1.165, 1.54) is 25.5 Å². The lowest BCUT2D eigenvalue weighted by molar-refractivity contribution is 0.213. The second-order valence-electron chi connectivity index (χ2n) is 5.32. The van der Waals surface area contributed by atoms with E-state index in [9.17, 15) is 4.39 Å². The minimum absolute atomic E-state index is 0.254. The number of benzene rings is 1. The standard InChI is InChI=1S/C14H22FN3/c1-17-8-4-5-11(9-17)10-18(2)13-7-3-6-12(15)14(13)16/h3,6-7,11H,4-5,8-10,16H2,1-2H3. The summed E-state index contributed by atoms with van der Waals surface area (Å²) in [6.45, 7) is 3.22. The summed E-state index contributed by atoms with van der Waals surface area (Å²) in [7, 11) is 4.14. The number of piperidine rings is 1. The number of anilines is 2. The molecule has 2 N–H and O–H groups in total. The summed E-state index contributed by atoms with van der Waals surface area (Å²) in [6, 6.07) is 5.00. The summed E-state index contributed by atoms with van der Waals surface area (Å²) in [5.74, 6) is 0.302. The number of nitrogens with two attached hydrogens (primary N) is 1. The number of para-hydroxylation sites is 1. The molecule has 100 valence electrons. The Hall–Kier alpha value is -1.29. The summed E-state index contributed by atoms with van der Waals surface area (Å²) in [4.78, 5) is 4.43. The predicted octanol–water partition coefficient (Wildman–Crippen LogP) is 2.19. The minimum Gasteiger partial charge on any atom is -0.395 e. The van der Waals surface area contributed by atoms with Gasteiger partial charge in [0.25, 0.3) is 0 Å². The van der Waals surface area contributed by atoms with Gasteiger partial charge in [-0.3, -0.25) is 0 Å². The lowest BCUT2D eigenvalue weighted by atomic mass is 9.98. The highest BCUT2D eigenvalue weighted by atomic mass is 19.1. The van der Waals surface area contributed by atoms with Crippen molar-refractivity contribution < 1.29 is 4.39 Å². The van der Waals surface area contributed by atoms with Crippen molar-refractivity contribution in [2.24, 2.45) is 5.92 Å². The van der Waals surface area contributed by atoms with Crippen molar-refractivity contribution in [3.8, 4) is 0 Å². The number of likely N-dealkylation sites (tertiary alicyclic amines) is 1. The van der Waals surface area contributed by atoms with Crippen LogP contribution in [0.5, 0.6) is 0 Å². The molecular formula is C14H22FN3. The zero-order chi connectivity index (χ0) is 13.1. The van der Waals surface area contributed by atoms with E-state index in [0.29, 0.717) is 5.92 Å². The quantitative estimate of drug-likeness (QED) is 0.836. The van der Waals surface area contributed by atoms with Gasteiger partial charge in [0.05, 0.1) is 11.4 Å². The van der Waals surface area contributed by atoms with Crippen LogP contribution in [0.3, 0.4) is 0 Å². The number of halogens is 1. The van der Waals surface area contributed by atoms with Gasteiger partial charge < -0.3 is 15.5 Å². The van der Waals surface area contributed by atoms with Crippen LogP contribution in [0.2, 0.25) is 0 Å². The lowest BCUT2D eigenvalue weighted by Crippen LogP contribution is -2.38. The number of nitrogen functional groups attached to an aromatic ring is 1. The molecule has 0 aromatic heterocycles. The van der Waals surface area contributed by atoms with Crippen LogP contribution < -0.4 is 10.6 Å². The summed E-state index contributed by atoms with van der Waals surface area (Å²) >= 11 is 0. The van der Waals surface area contributed by atoms with Crippen LogP contribution in [0, 0.1) is 11.7 Å². The van der Waals surface area contributed by atoms with Crippen LogP contribution in [0.15, 0.2) is 18.2 Å². The molecule has 1 fully saturated rings. The molecule has 2 rings (SSSR count). The Morgan fingerprint density at radius 2 is 2.28 bits per heavy atom. The van der Waals surface area contributed by atoms with E-state index in [-0.39, 0.29) is 11.5 Å². The third kappa shape index (κ3) is 2.93. The van der Waals surface area contributed by atoms with E-state index < -0.39 is 0 Å². The van der Waals surface area contributed by atoms with E-state index >= 15 is 0 Å². The van der Waals surface area contributed by atoms with Gasteiger partial charge in [-0.25, -0.2) is 4.39 Å². The maximum Gasteiger partial charge on any atom is 0.148 e. The summed E-state index contributed by atoms with van der Waals surface area (Å²) in [5, 5.41) is 0. The Kier molecular flexibility index (Phi) is 4.07. The molecule has 18 heavy (non-hydrogen) atoms. The van der Waals surface area contributed by atoms with Gasteiger partial charge in [0.15, 0.2) is 0 Å².